The van der Waals surface area contributed by atoms with E-state index in [-0.39, 0.29) is 11.9 Å². The van der Waals surface area contributed by atoms with Gasteiger partial charge in [-0.15, -0.1) is 0 Å². The number of halogens is 1. The lowest BCUT2D eigenvalue weighted by molar-refractivity contribution is 0.367. The van der Waals surface area contributed by atoms with Gasteiger partial charge in [-0.1, -0.05) is 12.1 Å². The number of hydrogen-bond acceptors (Lipinski definition) is 5. The van der Waals surface area contributed by atoms with E-state index in [2.05, 4.69) is 38.7 Å². The fourth-order valence-corrected chi connectivity index (χ4v) is 2.53. The normalized spacial score (nSPS) is 11.2. The fraction of sp³-hybridized carbons (Fsp3) is 0.312. The molecule has 1 N–H and O–H groups in total. The first-order valence-electron chi connectivity index (χ1n) is 7.36. The number of rotatable bonds is 5. The van der Waals surface area contributed by atoms with E-state index in [1.54, 1.807) is 0 Å². The molecule has 3 rings (SSSR count). The zero-order valence-electron chi connectivity index (χ0n) is 13.2. The quantitative estimate of drug-likeness (QED) is 0.783. The minimum absolute atomic E-state index is 0.0835. The lowest BCUT2D eigenvalue weighted by Gasteiger charge is -2.13. The zero-order chi connectivity index (χ0) is 16.4. The Bertz CT molecular complexity index is 830. The molecule has 0 aliphatic heterocycles. The van der Waals surface area contributed by atoms with Crippen molar-refractivity contribution in [3.63, 3.8) is 0 Å². The number of anilines is 1. The van der Waals surface area contributed by atoms with Gasteiger partial charge in [0.15, 0.2) is 0 Å². The average Bonchev–Trinajstić information content (AvgIpc) is 2.92. The number of benzene rings is 1. The second-order valence-electron chi connectivity index (χ2n) is 5.38. The van der Waals surface area contributed by atoms with Gasteiger partial charge in [0.1, 0.15) is 5.82 Å². The van der Waals surface area contributed by atoms with Crippen LogP contribution in [0.3, 0.4) is 0 Å². The van der Waals surface area contributed by atoms with Gasteiger partial charge >= 0.3 is 0 Å². The van der Waals surface area contributed by atoms with Gasteiger partial charge in [0.25, 0.3) is 5.88 Å². The number of para-hydroxylation sites is 2. The molecular formula is C16H18FN5O. The molecule has 6 nitrogen and oxygen atoms in total. The molecule has 3 aromatic rings. The van der Waals surface area contributed by atoms with Crippen molar-refractivity contribution < 1.29 is 9.13 Å². The molecule has 0 saturated heterocycles. The van der Waals surface area contributed by atoms with E-state index in [1.165, 1.54) is 7.11 Å². The highest BCUT2D eigenvalue weighted by molar-refractivity contribution is 5.76. The van der Waals surface area contributed by atoms with Crippen LogP contribution in [0.1, 0.15) is 25.7 Å². The van der Waals surface area contributed by atoms with E-state index in [1.807, 2.05) is 24.3 Å². The molecule has 0 fully saturated rings. The molecule has 0 unspecified atom stereocenters. The van der Waals surface area contributed by atoms with Crippen molar-refractivity contribution in [3.05, 3.63) is 42.1 Å². The number of ether oxygens (including phenoxy) is 1. The van der Waals surface area contributed by atoms with Crippen LogP contribution >= 0.6 is 0 Å². The molecule has 2 heterocycles. The Morgan fingerprint density at radius 3 is 2.78 bits per heavy atom. The summed E-state index contributed by atoms with van der Waals surface area (Å²) in [6, 6.07) is 8.25. The molecule has 120 valence electrons. The van der Waals surface area contributed by atoms with E-state index >= 15 is 0 Å². The SMILES string of the molecule is COc1nc(NCc2nc3ccccc3n2C(C)C)ncc1F. The predicted octanol–water partition coefficient (Wildman–Crippen LogP) is 3.17. The molecule has 7 heteroatoms. The number of methoxy groups -OCH3 is 1. The average molecular weight is 315 g/mol. The van der Waals surface area contributed by atoms with Crippen molar-refractivity contribution in [2.75, 3.05) is 12.4 Å². The molecule has 1 aromatic carbocycles. The van der Waals surface area contributed by atoms with Crippen molar-refractivity contribution in [2.45, 2.75) is 26.4 Å². The van der Waals surface area contributed by atoms with Crippen molar-refractivity contribution in [1.82, 2.24) is 19.5 Å². The van der Waals surface area contributed by atoms with Crippen molar-refractivity contribution in [3.8, 4) is 5.88 Å². The van der Waals surface area contributed by atoms with Crippen LogP contribution in [0.2, 0.25) is 0 Å². The third kappa shape index (κ3) is 2.94. The summed E-state index contributed by atoms with van der Waals surface area (Å²) < 4.78 is 20.4. The van der Waals surface area contributed by atoms with Gasteiger partial charge in [0.2, 0.25) is 11.8 Å². The van der Waals surface area contributed by atoms with Crippen LogP contribution in [0, 0.1) is 5.82 Å². The van der Waals surface area contributed by atoms with E-state index in [0.717, 1.165) is 23.1 Å². The first kappa shape index (κ1) is 15.2. The minimum atomic E-state index is -0.590. The van der Waals surface area contributed by atoms with E-state index in [9.17, 15) is 4.39 Å². The Morgan fingerprint density at radius 1 is 1.26 bits per heavy atom. The summed E-state index contributed by atoms with van der Waals surface area (Å²) in [4.78, 5) is 12.5. The molecule has 0 saturated carbocycles. The van der Waals surface area contributed by atoms with Gasteiger partial charge in [-0.05, 0) is 26.0 Å². The second-order valence-corrected chi connectivity index (χ2v) is 5.38. The van der Waals surface area contributed by atoms with Crippen molar-refractivity contribution in [1.29, 1.82) is 0 Å². The fourth-order valence-electron chi connectivity index (χ4n) is 2.53. The number of imidazole rings is 1. The van der Waals surface area contributed by atoms with Gasteiger partial charge < -0.3 is 14.6 Å². The van der Waals surface area contributed by atoms with Gasteiger partial charge in [-0.3, -0.25) is 0 Å². The third-order valence-electron chi connectivity index (χ3n) is 3.50. The molecule has 23 heavy (non-hydrogen) atoms. The van der Waals surface area contributed by atoms with E-state index in [4.69, 9.17) is 4.74 Å². The number of aromatic nitrogens is 4. The number of fused-ring (bicyclic) bond motifs is 1. The maximum atomic E-state index is 13.3. The predicted molar refractivity (Wildman–Crippen MR) is 86.0 cm³/mol. The van der Waals surface area contributed by atoms with E-state index in [0.29, 0.717) is 12.5 Å². The van der Waals surface area contributed by atoms with Crippen LogP contribution in [0.4, 0.5) is 10.3 Å². The molecule has 0 bridgehead atoms. The molecule has 0 aliphatic carbocycles. The van der Waals surface area contributed by atoms with Gasteiger partial charge in [0.05, 0.1) is 30.9 Å². The molecule has 0 spiro atoms. The van der Waals surface area contributed by atoms with Crippen molar-refractivity contribution in [2.24, 2.45) is 0 Å². The van der Waals surface area contributed by atoms with Crippen LogP contribution in [0.5, 0.6) is 5.88 Å². The summed E-state index contributed by atoms with van der Waals surface area (Å²) in [7, 11) is 1.37. The number of hydrogen-bond donors (Lipinski definition) is 1. The first-order chi connectivity index (χ1) is 11.1. The molecule has 0 amide bonds. The molecular weight excluding hydrogens is 297 g/mol. The summed E-state index contributed by atoms with van der Waals surface area (Å²) >= 11 is 0. The van der Waals surface area contributed by atoms with Crippen molar-refractivity contribution >= 4 is 17.0 Å². The second kappa shape index (κ2) is 6.20. The van der Waals surface area contributed by atoms with Crippen LogP contribution in [-0.2, 0) is 6.54 Å². The summed E-state index contributed by atoms with van der Waals surface area (Å²) in [5, 5.41) is 3.07. The smallest absolute Gasteiger partial charge is 0.255 e. The van der Waals surface area contributed by atoms with Crippen LogP contribution < -0.4 is 10.1 Å². The van der Waals surface area contributed by atoms with Gasteiger partial charge in [-0.2, -0.15) is 9.37 Å². The Hall–Kier alpha value is -2.70. The zero-order valence-corrected chi connectivity index (χ0v) is 13.2. The Kier molecular flexibility index (Phi) is 4.10. The third-order valence-corrected chi connectivity index (χ3v) is 3.50. The lowest BCUT2D eigenvalue weighted by atomic mass is 10.3. The minimum Gasteiger partial charge on any atom is -0.479 e. The maximum absolute atomic E-state index is 13.3. The molecule has 2 aromatic heterocycles. The standard InChI is InChI=1S/C16H18FN5O/c1-10(2)22-13-7-5-4-6-12(13)20-14(22)9-19-16-18-8-11(17)15(21-16)23-3/h4-8,10H,9H2,1-3H3,(H,18,19,21). The summed E-state index contributed by atoms with van der Waals surface area (Å²) in [6.07, 6.45) is 1.08. The van der Waals surface area contributed by atoms with Gasteiger partial charge in [0, 0.05) is 6.04 Å². The molecule has 0 atom stereocenters. The number of nitrogens with one attached hydrogen (secondary N) is 1. The summed E-state index contributed by atoms with van der Waals surface area (Å²) in [6.45, 7) is 4.64. The Labute approximate surface area is 133 Å². The molecule has 0 aliphatic rings. The van der Waals surface area contributed by atoms with Crippen LogP contribution in [-0.4, -0.2) is 26.6 Å². The first-order valence-corrected chi connectivity index (χ1v) is 7.36. The molecule has 0 radical (unpaired) electrons. The summed E-state index contributed by atoms with van der Waals surface area (Å²) in [5.41, 5.74) is 2.02. The Morgan fingerprint density at radius 2 is 2.04 bits per heavy atom. The topological polar surface area (TPSA) is 64.9 Å². The highest BCUT2D eigenvalue weighted by Gasteiger charge is 2.13. The highest BCUT2D eigenvalue weighted by atomic mass is 19.1. The van der Waals surface area contributed by atoms with Crippen LogP contribution in [0.15, 0.2) is 30.5 Å². The number of nitrogens with zero attached hydrogens (tertiary/aromatic N) is 4. The largest absolute Gasteiger partial charge is 0.479 e. The lowest BCUT2D eigenvalue weighted by Crippen LogP contribution is -2.12. The highest BCUT2D eigenvalue weighted by Crippen LogP contribution is 2.21. The monoisotopic (exact) mass is 315 g/mol. The summed E-state index contributed by atoms with van der Waals surface area (Å²) in [5.74, 6) is 0.492. The van der Waals surface area contributed by atoms with E-state index < -0.39 is 5.82 Å². The Balaban J connectivity index is 1.88. The van der Waals surface area contributed by atoms with Gasteiger partial charge in [-0.25, -0.2) is 9.97 Å². The van der Waals surface area contributed by atoms with Crippen LogP contribution in [0.25, 0.3) is 11.0 Å². The maximum Gasteiger partial charge on any atom is 0.255 e.